The summed E-state index contributed by atoms with van der Waals surface area (Å²) >= 11 is 6.05. The van der Waals surface area contributed by atoms with Crippen LogP contribution >= 0.6 is 11.6 Å². The summed E-state index contributed by atoms with van der Waals surface area (Å²) in [6.07, 6.45) is 0. The fourth-order valence-electron chi connectivity index (χ4n) is 4.10. The van der Waals surface area contributed by atoms with Gasteiger partial charge in [0.05, 0.1) is 35.8 Å². The molecule has 5 aromatic rings. The number of benzene rings is 3. The van der Waals surface area contributed by atoms with E-state index in [1.165, 1.54) is 0 Å². The van der Waals surface area contributed by atoms with Crippen molar-refractivity contribution < 1.29 is 9.47 Å². The molecule has 2 N–H and O–H groups in total. The fraction of sp³-hybridized carbons (Fsp3) is 0.185. The van der Waals surface area contributed by atoms with Gasteiger partial charge in [0.2, 0.25) is 11.8 Å². The Morgan fingerprint density at radius 1 is 0.971 bits per heavy atom. The number of imidazole rings is 1. The van der Waals surface area contributed by atoms with Crippen molar-refractivity contribution in [1.29, 1.82) is 0 Å². The topological polar surface area (TPSA) is 73.2 Å². The van der Waals surface area contributed by atoms with E-state index in [0.717, 1.165) is 58.1 Å². The van der Waals surface area contributed by atoms with E-state index in [0.29, 0.717) is 23.5 Å². The molecule has 1 aliphatic rings. The van der Waals surface area contributed by atoms with E-state index in [1.807, 2.05) is 67.7 Å². The first-order valence-electron chi connectivity index (χ1n) is 11.5. The lowest BCUT2D eigenvalue weighted by molar-refractivity contribution is 0.0211. The molecule has 1 saturated heterocycles. The number of nitrogens with zero attached hydrogens (tertiary/aromatic N) is 3. The van der Waals surface area contributed by atoms with Crippen molar-refractivity contribution in [2.75, 3.05) is 23.8 Å². The van der Waals surface area contributed by atoms with Crippen LogP contribution in [0.4, 0.5) is 11.6 Å². The Morgan fingerprint density at radius 3 is 2.60 bits per heavy atom. The molecule has 0 bridgehead atoms. The van der Waals surface area contributed by atoms with Gasteiger partial charge in [-0.3, -0.25) is 0 Å². The Morgan fingerprint density at radius 2 is 1.80 bits per heavy atom. The van der Waals surface area contributed by atoms with Crippen LogP contribution in [0.25, 0.3) is 21.9 Å². The second-order valence-electron chi connectivity index (χ2n) is 8.66. The molecule has 6 rings (SSSR count). The number of hydrogen-bond donors (Lipinski definition) is 2. The zero-order chi connectivity index (χ0) is 23.8. The Balaban J connectivity index is 1.11. The molecule has 7 nitrogen and oxygen atoms in total. The van der Waals surface area contributed by atoms with Crippen LogP contribution in [0.2, 0.25) is 5.02 Å². The summed E-state index contributed by atoms with van der Waals surface area (Å²) in [4.78, 5) is 9.30. The molecule has 0 radical (unpaired) electrons. The zero-order valence-electron chi connectivity index (χ0n) is 19.2. The van der Waals surface area contributed by atoms with Gasteiger partial charge in [0.25, 0.3) is 0 Å². The highest BCUT2D eigenvalue weighted by Crippen LogP contribution is 2.26. The summed E-state index contributed by atoms with van der Waals surface area (Å²) in [5, 5.41) is 8.60. The molecule has 0 unspecified atom stereocenters. The quantitative estimate of drug-likeness (QED) is 0.295. The Kier molecular flexibility index (Phi) is 5.64. The van der Waals surface area contributed by atoms with E-state index < -0.39 is 0 Å². The first kappa shape index (κ1) is 21.7. The van der Waals surface area contributed by atoms with Crippen LogP contribution in [0.3, 0.4) is 0 Å². The van der Waals surface area contributed by atoms with E-state index in [2.05, 4.69) is 32.3 Å². The van der Waals surface area contributed by atoms with Gasteiger partial charge in [-0.25, -0.2) is 9.97 Å². The third kappa shape index (κ3) is 4.60. The van der Waals surface area contributed by atoms with Crippen molar-refractivity contribution in [3.8, 4) is 11.6 Å². The number of fused-ring (bicyclic) bond motifs is 2. The van der Waals surface area contributed by atoms with Gasteiger partial charge >= 0.3 is 0 Å². The van der Waals surface area contributed by atoms with Gasteiger partial charge < -0.3 is 24.7 Å². The Bertz CT molecular complexity index is 1510. The predicted octanol–water partition coefficient (Wildman–Crippen LogP) is 5.99. The van der Waals surface area contributed by atoms with Gasteiger partial charge in [-0.15, -0.1) is 0 Å². The third-order valence-corrected chi connectivity index (χ3v) is 6.35. The van der Waals surface area contributed by atoms with Gasteiger partial charge in [0.15, 0.2) is 0 Å². The van der Waals surface area contributed by atoms with Gasteiger partial charge in [-0.1, -0.05) is 23.7 Å². The number of aromatic nitrogens is 3. The number of nitrogens with one attached hydrogen (secondary N) is 2. The van der Waals surface area contributed by atoms with E-state index >= 15 is 0 Å². The first-order valence-corrected chi connectivity index (χ1v) is 11.9. The molecule has 1 fully saturated rings. The van der Waals surface area contributed by atoms with Crippen molar-refractivity contribution in [1.82, 2.24) is 14.5 Å². The fourth-order valence-corrected chi connectivity index (χ4v) is 4.28. The average molecular weight is 486 g/mol. The number of anilines is 2. The maximum atomic E-state index is 6.05. The second-order valence-corrected chi connectivity index (χ2v) is 9.10. The molecule has 0 aliphatic carbocycles. The maximum absolute atomic E-state index is 6.05. The number of pyridine rings is 1. The molecule has 35 heavy (non-hydrogen) atoms. The molecule has 2 aromatic heterocycles. The van der Waals surface area contributed by atoms with Crippen molar-refractivity contribution in [2.45, 2.75) is 12.6 Å². The highest BCUT2D eigenvalue weighted by Gasteiger charge is 2.18. The molecule has 3 heterocycles. The van der Waals surface area contributed by atoms with Crippen molar-refractivity contribution in [2.24, 2.45) is 7.05 Å². The number of halogens is 1. The van der Waals surface area contributed by atoms with Gasteiger partial charge in [0.1, 0.15) is 5.75 Å². The minimum Gasteiger partial charge on any atom is -0.439 e. The van der Waals surface area contributed by atoms with E-state index in [9.17, 15) is 0 Å². The smallest absolute Gasteiger partial charge is 0.219 e. The number of ether oxygens (including phenoxy) is 2. The van der Waals surface area contributed by atoms with Crippen LogP contribution in [0.5, 0.6) is 11.6 Å². The lowest BCUT2D eigenvalue weighted by atomic mass is 10.2. The minimum atomic E-state index is 0.390. The largest absolute Gasteiger partial charge is 0.439 e. The normalized spacial score (nSPS) is 13.7. The molecule has 0 atom stereocenters. The molecule has 8 heteroatoms. The SMILES string of the molecule is Cn1c(NCc2ccc(Oc3ccc4cc(Cl)ccc4n3)cc2)nc2ccc(NC3COC3)cc21. The molecule has 176 valence electrons. The molecule has 3 aromatic carbocycles. The van der Waals surface area contributed by atoms with Crippen LogP contribution in [0, 0.1) is 0 Å². The Labute approximate surface area is 207 Å². The number of hydrogen-bond acceptors (Lipinski definition) is 6. The van der Waals surface area contributed by atoms with E-state index in [1.54, 1.807) is 0 Å². The van der Waals surface area contributed by atoms with E-state index in [4.69, 9.17) is 26.1 Å². The van der Waals surface area contributed by atoms with Gasteiger partial charge in [-0.05, 0) is 60.2 Å². The lowest BCUT2D eigenvalue weighted by Crippen LogP contribution is -2.40. The standard InChI is InChI=1S/C27H24ClN5O2/c1-33-25-13-20(30-21-15-34-16-21)6-10-24(25)32-27(33)29-14-17-2-7-22(8-3-17)35-26-11-4-18-12-19(28)5-9-23(18)31-26/h2-13,21,30H,14-16H2,1H3,(H,29,32). The second kappa shape index (κ2) is 9.09. The van der Waals surface area contributed by atoms with Crippen molar-refractivity contribution in [3.63, 3.8) is 0 Å². The van der Waals surface area contributed by atoms with Crippen LogP contribution in [-0.2, 0) is 18.3 Å². The summed E-state index contributed by atoms with van der Waals surface area (Å²) in [5.74, 6) is 2.10. The van der Waals surface area contributed by atoms with Crippen LogP contribution in [0.1, 0.15) is 5.56 Å². The van der Waals surface area contributed by atoms with Gasteiger partial charge in [-0.2, -0.15) is 0 Å². The van der Waals surface area contributed by atoms with Crippen molar-refractivity contribution in [3.05, 3.63) is 83.4 Å². The summed E-state index contributed by atoms with van der Waals surface area (Å²) in [6, 6.07) is 24.0. The predicted molar refractivity (Wildman–Crippen MR) is 140 cm³/mol. The third-order valence-electron chi connectivity index (χ3n) is 6.11. The summed E-state index contributed by atoms with van der Waals surface area (Å²) in [6.45, 7) is 2.17. The Hall–Kier alpha value is -3.81. The minimum absolute atomic E-state index is 0.390. The van der Waals surface area contributed by atoms with Crippen molar-refractivity contribution >= 4 is 45.2 Å². The zero-order valence-corrected chi connectivity index (χ0v) is 19.9. The number of rotatable bonds is 7. The average Bonchev–Trinajstić information content (AvgIpc) is 3.16. The highest BCUT2D eigenvalue weighted by atomic mass is 35.5. The van der Waals surface area contributed by atoms with Gasteiger partial charge in [0, 0.05) is 35.8 Å². The molecule has 0 amide bonds. The highest BCUT2D eigenvalue weighted by molar-refractivity contribution is 6.31. The van der Waals surface area contributed by atoms with Crippen LogP contribution < -0.4 is 15.4 Å². The lowest BCUT2D eigenvalue weighted by Gasteiger charge is -2.27. The molecule has 0 spiro atoms. The monoisotopic (exact) mass is 485 g/mol. The molecule has 1 aliphatic heterocycles. The summed E-state index contributed by atoms with van der Waals surface area (Å²) in [7, 11) is 2.02. The first-order chi connectivity index (χ1) is 17.1. The van der Waals surface area contributed by atoms with Crippen LogP contribution in [0.15, 0.2) is 72.8 Å². The number of aryl methyl sites for hydroxylation is 1. The summed E-state index contributed by atoms with van der Waals surface area (Å²) in [5.41, 5.74) is 5.08. The molecule has 0 saturated carbocycles. The maximum Gasteiger partial charge on any atom is 0.219 e. The molecular formula is C27H24ClN5O2. The van der Waals surface area contributed by atoms with Crippen LogP contribution in [-0.4, -0.2) is 33.8 Å². The van der Waals surface area contributed by atoms with E-state index in [-0.39, 0.29) is 0 Å². The molecular weight excluding hydrogens is 462 g/mol. The summed E-state index contributed by atoms with van der Waals surface area (Å²) < 4.78 is 13.3.